The van der Waals surface area contributed by atoms with Gasteiger partial charge < -0.3 is 4.89 Å². The minimum Gasteiger partial charge on any atom is -0.321 e. The van der Waals surface area contributed by atoms with E-state index in [1.807, 2.05) is 0 Å². The van der Waals surface area contributed by atoms with Crippen LogP contribution in [0.4, 0.5) is 0 Å². The number of allylic oxidation sites excluding steroid dienone is 1. The minimum atomic E-state index is -3.63. The standard InChI is InChI=1S/C10H17O3P/c1-5-7-10(6-2)13-14(11,12)8-9(3)4/h5-6,8,10H,1-2,7H2,3-4H3,(H,11,12). The van der Waals surface area contributed by atoms with Crippen LogP contribution in [0.1, 0.15) is 20.3 Å². The predicted octanol–water partition coefficient (Wildman–Crippen LogP) is 3.24. The van der Waals surface area contributed by atoms with Gasteiger partial charge in [0.1, 0.15) is 0 Å². The zero-order valence-electron chi connectivity index (χ0n) is 8.64. The van der Waals surface area contributed by atoms with E-state index >= 15 is 0 Å². The van der Waals surface area contributed by atoms with Crippen LogP contribution < -0.4 is 0 Å². The largest absolute Gasteiger partial charge is 0.352 e. The number of rotatable bonds is 6. The van der Waals surface area contributed by atoms with Crippen LogP contribution in [0.5, 0.6) is 0 Å². The summed E-state index contributed by atoms with van der Waals surface area (Å²) in [4.78, 5) is 9.39. The van der Waals surface area contributed by atoms with E-state index in [-0.39, 0.29) is 0 Å². The quantitative estimate of drug-likeness (QED) is 0.547. The maximum Gasteiger partial charge on any atom is 0.352 e. The third-order valence-corrected chi connectivity index (χ3v) is 2.79. The van der Waals surface area contributed by atoms with Gasteiger partial charge in [-0.05, 0) is 20.3 Å². The molecule has 2 atom stereocenters. The number of hydrogen-bond donors (Lipinski definition) is 1. The van der Waals surface area contributed by atoms with Gasteiger partial charge in [0, 0.05) is 5.82 Å². The van der Waals surface area contributed by atoms with Crippen LogP contribution in [0, 0.1) is 0 Å². The molecule has 3 nitrogen and oxygen atoms in total. The Hall–Kier alpha value is -0.630. The van der Waals surface area contributed by atoms with Crippen molar-refractivity contribution in [3.8, 4) is 0 Å². The Balaban J connectivity index is 4.47. The molecule has 0 saturated heterocycles. The van der Waals surface area contributed by atoms with Gasteiger partial charge in [-0.25, -0.2) is 0 Å². The molecular formula is C10H17O3P. The molecule has 0 fully saturated rings. The molecule has 0 heterocycles. The minimum absolute atomic E-state index is 0.459. The summed E-state index contributed by atoms with van der Waals surface area (Å²) in [6.45, 7) is 10.5. The van der Waals surface area contributed by atoms with Gasteiger partial charge in [0.25, 0.3) is 0 Å². The summed E-state index contributed by atoms with van der Waals surface area (Å²) in [6, 6.07) is 0. The molecule has 0 saturated carbocycles. The lowest BCUT2D eigenvalue weighted by Gasteiger charge is -2.14. The van der Waals surface area contributed by atoms with Crippen LogP contribution in [0.2, 0.25) is 0 Å². The molecule has 1 N–H and O–H groups in total. The molecule has 0 aromatic heterocycles. The molecule has 0 spiro atoms. The van der Waals surface area contributed by atoms with Gasteiger partial charge in [-0.15, -0.1) is 13.2 Å². The Morgan fingerprint density at radius 1 is 1.57 bits per heavy atom. The SMILES string of the molecule is C=CCC(C=C)OP(=O)(O)C=C(C)C. The lowest BCUT2D eigenvalue weighted by Crippen LogP contribution is -2.05. The fourth-order valence-corrected chi connectivity index (χ4v) is 2.17. The molecule has 0 aromatic carbocycles. The molecule has 80 valence electrons. The van der Waals surface area contributed by atoms with Crippen molar-refractivity contribution in [1.82, 2.24) is 0 Å². The monoisotopic (exact) mass is 216 g/mol. The molecule has 0 aliphatic rings. The molecule has 0 rings (SSSR count). The molecule has 4 heteroatoms. The van der Waals surface area contributed by atoms with E-state index in [0.717, 1.165) is 5.57 Å². The van der Waals surface area contributed by atoms with Crippen LogP contribution in [-0.2, 0) is 9.09 Å². The maximum absolute atomic E-state index is 11.4. The fraction of sp³-hybridized carbons (Fsp3) is 0.400. The lowest BCUT2D eigenvalue weighted by molar-refractivity contribution is 0.220. The molecule has 2 unspecified atom stereocenters. The average Bonchev–Trinajstić information content (AvgIpc) is 2.00. The van der Waals surface area contributed by atoms with Gasteiger partial charge in [-0.1, -0.05) is 17.7 Å². The van der Waals surface area contributed by atoms with E-state index in [1.54, 1.807) is 19.9 Å². The highest BCUT2D eigenvalue weighted by Crippen LogP contribution is 2.46. The normalized spacial score (nSPS) is 16.5. The van der Waals surface area contributed by atoms with Crippen molar-refractivity contribution in [2.45, 2.75) is 26.4 Å². The highest BCUT2D eigenvalue weighted by atomic mass is 31.2. The van der Waals surface area contributed by atoms with Gasteiger partial charge in [0.2, 0.25) is 0 Å². The molecule has 0 bridgehead atoms. The van der Waals surface area contributed by atoms with Gasteiger partial charge in [-0.2, -0.15) is 0 Å². The summed E-state index contributed by atoms with van der Waals surface area (Å²) in [7, 11) is -3.63. The smallest absolute Gasteiger partial charge is 0.321 e. The van der Waals surface area contributed by atoms with E-state index < -0.39 is 13.7 Å². The van der Waals surface area contributed by atoms with Crippen LogP contribution in [0.3, 0.4) is 0 Å². The van der Waals surface area contributed by atoms with Crippen molar-refractivity contribution in [3.05, 3.63) is 36.7 Å². The van der Waals surface area contributed by atoms with Crippen LogP contribution in [-0.4, -0.2) is 11.0 Å². The zero-order chi connectivity index (χ0) is 11.2. The second kappa shape index (κ2) is 5.97. The second-order valence-electron chi connectivity index (χ2n) is 3.17. The van der Waals surface area contributed by atoms with E-state index in [1.165, 1.54) is 11.9 Å². The summed E-state index contributed by atoms with van der Waals surface area (Å²) in [5, 5.41) is 0. The Morgan fingerprint density at radius 2 is 2.14 bits per heavy atom. The van der Waals surface area contributed by atoms with Gasteiger partial charge >= 0.3 is 7.60 Å². The summed E-state index contributed by atoms with van der Waals surface area (Å²) < 4.78 is 16.4. The zero-order valence-corrected chi connectivity index (χ0v) is 9.54. The third kappa shape index (κ3) is 5.92. The predicted molar refractivity (Wildman–Crippen MR) is 59.1 cm³/mol. The van der Waals surface area contributed by atoms with Crippen molar-refractivity contribution in [2.24, 2.45) is 0 Å². The molecule has 0 amide bonds. The highest BCUT2D eigenvalue weighted by molar-refractivity contribution is 7.56. The van der Waals surface area contributed by atoms with E-state index in [0.29, 0.717) is 6.42 Å². The van der Waals surface area contributed by atoms with Gasteiger partial charge in [0.05, 0.1) is 6.10 Å². The first kappa shape index (κ1) is 13.4. The van der Waals surface area contributed by atoms with Crippen molar-refractivity contribution in [2.75, 3.05) is 0 Å². The lowest BCUT2D eigenvalue weighted by atomic mass is 10.2. The summed E-state index contributed by atoms with van der Waals surface area (Å²) in [5.74, 6) is 1.23. The molecular weight excluding hydrogens is 199 g/mol. The Labute approximate surface area is 85.3 Å². The number of hydrogen-bond acceptors (Lipinski definition) is 2. The molecule has 0 aliphatic heterocycles. The van der Waals surface area contributed by atoms with Crippen LogP contribution in [0.15, 0.2) is 36.7 Å². The van der Waals surface area contributed by atoms with Crippen molar-refractivity contribution in [3.63, 3.8) is 0 Å². The average molecular weight is 216 g/mol. The van der Waals surface area contributed by atoms with E-state index in [2.05, 4.69) is 13.2 Å². The summed E-state index contributed by atoms with van der Waals surface area (Å²) in [5.41, 5.74) is 0.747. The third-order valence-electron chi connectivity index (χ3n) is 1.37. The maximum atomic E-state index is 11.4. The Morgan fingerprint density at radius 3 is 2.50 bits per heavy atom. The summed E-state index contributed by atoms with van der Waals surface area (Å²) >= 11 is 0. The van der Waals surface area contributed by atoms with Crippen molar-refractivity contribution < 1.29 is 14.0 Å². The van der Waals surface area contributed by atoms with Crippen LogP contribution >= 0.6 is 7.60 Å². The topological polar surface area (TPSA) is 46.5 Å². The first-order valence-electron chi connectivity index (χ1n) is 4.31. The Kier molecular flexibility index (Phi) is 5.70. The second-order valence-corrected chi connectivity index (χ2v) is 4.77. The first-order chi connectivity index (χ1) is 6.41. The summed E-state index contributed by atoms with van der Waals surface area (Å²) in [6.07, 6.45) is 3.13. The fourth-order valence-electron chi connectivity index (χ4n) is 0.897. The molecule has 14 heavy (non-hydrogen) atoms. The molecule has 0 radical (unpaired) electrons. The van der Waals surface area contributed by atoms with Crippen molar-refractivity contribution in [1.29, 1.82) is 0 Å². The van der Waals surface area contributed by atoms with Gasteiger partial charge in [-0.3, -0.25) is 9.09 Å². The Bertz CT molecular complexity index is 277. The highest BCUT2D eigenvalue weighted by Gasteiger charge is 2.19. The van der Waals surface area contributed by atoms with E-state index in [9.17, 15) is 9.46 Å². The van der Waals surface area contributed by atoms with Crippen molar-refractivity contribution >= 4 is 7.60 Å². The van der Waals surface area contributed by atoms with E-state index in [4.69, 9.17) is 4.52 Å². The first-order valence-corrected chi connectivity index (χ1v) is 5.96. The molecule has 0 aliphatic carbocycles. The van der Waals surface area contributed by atoms with Crippen LogP contribution in [0.25, 0.3) is 0 Å². The van der Waals surface area contributed by atoms with Gasteiger partial charge in [0.15, 0.2) is 0 Å². The molecule has 0 aromatic rings.